The van der Waals surface area contributed by atoms with Crippen molar-refractivity contribution in [1.82, 2.24) is 0 Å². The topological polar surface area (TPSA) is 79.2 Å². The lowest BCUT2D eigenvalue weighted by Crippen LogP contribution is -2.17. The van der Waals surface area contributed by atoms with Gasteiger partial charge in [0.25, 0.3) is 5.91 Å². The molecule has 6 heteroatoms. The predicted molar refractivity (Wildman–Crippen MR) is 132 cm³/mol. The summed E-state index contributed by atoms with van der Waals surface area (Å²) in [6.07, 6.45) is 7.10. The van der Waals surface area contributed by atoms with E-state index in [0.29, 0.717) is 17.2 Å². The van der Waals surface area contributed by atoms with Gasteiger partial charge in [0, 0.05) is 4.88 Å². The summed E-state index contributed by atoms with van der Waals surface area (Å²) < 4.78 is 5.48. The molecule has 0 spiro atoms. The molecule has 5 nitrogen and oxygen atoms in total. The maximum absolute atomic E-state index is 13.1. The van der Waals surface area contributed by atoms with Crippen molar-refractivity contribution in [2.75, 3.05) is 11.9 Å². The molecule has 0 radical (unpaired) electrons. The van der Waals surface area contributed by atoms with Crippen LogP contribution < -0.4 is 5.32 Å². The molecule has 0 fully saturated rings. The van der Waals surface area contributed by atoms with Crippen LogP contribution in [0.4, 0.5) is 5.00 Å². The quantitative estimate of drug-likeness (QED) is 0.195. The average molecular weight is 459 g/mol. The van der Waals surface area contributed by atoms with Gasteiger partial charge < -0.3 is 10.1 Å². The van der Waals surface area contributed by atoms with E-state index in [9.17, 15) is 14.9 Å². The first-order valence-corrected chi connectivity index (χ1v) is 12.2. The third-order valence-electron chi connectivity index (χ3n) is 5.82. The zero-order valence-corrected chi connectivity index (χ0v) is 19.5. The summed E-state index contributed by atoms with van der Waals surface area (Å²) in [6.45, 7) is 2.40. The monoisotopic (exact) mass is 458 g/mol. The van der Waals surface area contributed by atoms with E-state index in [4.69, 9.17) is 4.74 Å². The molecule has 4 rings (SSSR count). The first-order valence-electron chi connectivity index (χ1n) is 11.3. The number of aryl methyl sites for hydroxylation is 1. The van der Waals surface area contributed by atoms with E-state index >= 15 is 0 Å². The number of rotatable bonds is 7. The zero-order chi connectivity index (χ0) is 23.2. The highest BCUT2D eigenvalue weighted by atomic mass is 32.1. The second-order valence-corrected chi connectivity index (χ2v) is 9.20. The van der Waals surface area contributed by atoms with Crippen LogP contribution in [-0.2, 0) is 22.4 Å². The van der Waals surface area contributed by atoms with E-state index in [1.54, 1.807) is 6.08 Å². The lowest BCUT2D eigenvalue weighted by molar-refractivity contribution is -0.112. The molecule has 0 saturated carbocycles. The van der Waals surface area contributed by atoms with Crippen molar-refractivity contribution in [3.05, 3.63) is 69.6 Å². The SMILES string of the molecule is CCCCOC(=O)c1c(NC(=O)C(C#N)=Cc2cccc3ccccc23)sc2c1CCCC2. The fourth-order valence-electron chi connectivity index (χ4n) is 4.10. The second kappa shape index (κ2) is 10.5. The molecule has 1 aliphatic rings. The van der Waals surface area contributed by atoms with E-state index in [1.165, 1.54) is 11.3 Å². The van der Waals surface area contributed by atoms with E-state index in [0.717, 1.165) is 65.3 Å². The Balaban J connectivity index is 1.64. The number of thiophene rings is 1. The van der Waals surface area contributed by atoms with Gasteiger partial charge in [-0.15, -0.1) is 11.3 Å². The molecular weight excluding hydrogens is 432 g/mol. The number of unbranched alkanes of at least 4 members (excludes halogenated alkanes) is 1. The number of nitrogens with one attached hydrogen (secondary N) is 1. The summed E-state index contributed by atoms with van der Waals surface area (Å²) in [7, 11) is 0. The number of amides is 1. The summed E-state index contributed by atoms with van der Waals surface area (Å²) in [5.41, 5.74) is 2.23. The van der Waals surface area contributed by atoms with Crippen molar-refractivity contribution >= 4 is 45.1 Å². The van der Waals surface area contributed by atoms with Crippen LogP contribution in [0.25, 0.3) is 16.8 Å². The lowest BCUT2D eigenvalue weighted by Gasteiger charge is -2.12. The number of ether oxygens (including phenoxy) is 1. The molecule has 1 amide bonds. The maximum Gasteiger partial charge on any atom is 0.341 e. The van der Waals surface area contributed by atoms with Crippen LogP contribution in [0.1, 0.15) is 59.0 Å². The Bertz CT molecular complexity index is 1260. The van der Waals surface area contributed by atoms with Crippen LogP contribution >= 0.6 is 11.3 Å². The van der Waals surface area contributed by atoms with Gasteiger partial charge in [0.1, 0.15) is 16.6 Å². The van der Waals surface area contributed by atoms with Crippen LogP contribution in [0, 0.1) is 11.3 Å². The van der Waals surface area contributed by atoms with Crippen LogP contribution in [0.15, 0.2) is 48.0 Å². The molecular formula is C27H26N2O3S. The highest BCUT2D eigenvalue weighted by molar-refractivity contribution is 7.17. The first kappa shape index (κ1) is 22.8. The van der Waals surface area contributed by atoms with Gasteiger partial charge in [0.05, 0.1) is 12.2 Å². The van der Waals surface area contributed by atoms with E-state index in [-0.39, 0.29) is 5.57 Å². The summed E-state index contributed by atoms with van der Waals surface area (Å²) in [5, 5.41) is 15.0. The van der Waals surface area contributed by atoms with Gasteiger partial charge in [0.15, 0.2) is 0 Å². The molecule has 0 saturated heterocycles. The Morgan fingerprint density at radius 1 is 1.15 bits per heavy atom. The number of anilines is 1. The Morgan fingerprint density at radius 2 is 1.94 bits per heavy atom. The number of hydrogen-bond acceptors (Lipinski definition) is 5. The van der Waals surface area contributed by atoms with Crippen LogP contribution in [0.3, 0.4) is 0 Å². The van der Waals surface area contributed by atoms with Gasteiger partial charge in [0.2, 0.25) is 0 Å². The molecule has 0 aliphatic heterocycles. The fraction of sp³-hybridized carbons (Fsp3) is 0.296. The minimum Gasteiger partial charge on any atom is -0.462 e. The molecule has 3 aromatic rings. The molecule has 0 unspecified atom stereocenters. The van der Waals surface area contributed by atoms with Crippen LogP contribution in [0.5, 0.6) is 0 Å². The van der Waals surface area contributed by atoms with Crippen molar-refractivity contribution in [2.24, 2.45) is 0 Å². The number of benzene rings is 2. The summed E-state index contributed by atoms with van der Waals surface area (Å²) in [6, 6.07) is 15.6. The maximum atomic E-state index is 13.1. The Morgan fingerprint density at radius 3 is 2.76 bits per heavy atom. The summed E-state index contributed by atoms with van der Waals surface area (Å²) in [4.78, 5) is 27.1. The summed E-state index contributed by atoms with van der Waals surface area (Å²) >= 11 is 1.43. The van der Waals surface area contributed by atoms with Crippen LogP contribution in [-0.4, -0.2) is 18.5 Å². The molecule has 1 aliphatic carbocycles. The second-order valence-electron chi connectivity index (χ2n) is 8.10. The van der Waals surface area contributed by atoms with Gasteiger partial charge in [-0.3, -0.25) is 4.79 Å². The molecule has 33 heavy (non-hydrogen) atoms. The Hall–Kier alpha value is -3.43. The third kappa shape index (κ3) is 4.99. The largest absolute Gasteiger partial charge is 0.462 e. The summed E-state index contributed by atoms with van der Waals surface area (Å²) in [5.74, 6) is -0.915. The Labute approximate surface area is 197 Å². The van der Waals surface area contributed by atoms with Crippen molar-refractivity contribution in [3.63, 3.8) is 0 Å². The number of carbonyl (C=O) groups excluding carboxylic acids is 2. The van der Waals surface area contributed by atoms with E-state index < -0.39 is 11.9 Å². The van der Waals surface area contributed by atoms with Gasteiger partial charge >= 0.3 is 5.97 Å². The van der Waals surface area contributed by atoms with Gasteiger partial charge in [-0.25, -0.2) is 4.79 Å². The van der Waals surface area contributed by atoms with Crippen molar-refractivity contribution in [1.29, 1.82) is 5.26 Å². The Kier molecular flexibility index (Phi) is 7.21. The third-order valence-corrected chi connectivity index (χ3v) is 7.03. The average Bonchev–Trinajstić information content (AvgIpc) is 3.20. The molecule has 2 aromatic carbocycles. The van der Waals surface area contributed by atoms with Crippen molar-refractivity contribution in [2.45, 2.75) is 45.4 Å². The number of esters is 1. The molecule has 1 N–H and O–H groups in total. The normalized spacial score (nSPS) is 13.3. The molecule has 168 valence electrons. The number of nitriles is 1. The van der Waals surface area contributed by atoms with Gasteiger partial charge in [-0.1, -0.05) is 55.8 Å². The number of nitrogens with zero attached hydrogens (tertiary/aromatic N) is 1. The van der Waals surface area contributed by atoms with E-state index in [1.807, 2.05) is 55.5 Å². The van der Waals surface area contributed by atoms with Gasteiger partial charge in [-0.2, -0.15) is 5.26 Å². The number of carbonyl (C=O) groups is 2. The minimum atomic E-state index is -0.522. The van der Waals surface area contributed by atoms with E-state index in [2.05, 4.69) is 5.32 Å². The molecule has 1 heterocycles. The number of hydrogen-bond donors (Lipinski definition) is 1. The van der Waals surface area contributed by atoms with Gasteiger partial charge in [-0.05, 0) is 60.1 Å². The van der Waals surface area contributed by atoms with Crippen molar-refractivity contribution in [3.8, 4) is 6.07 Å². The smallest absolute Gasteiger partial charge is 0.341 e. The number of fused-ring (bicyclic) bond motifs is 2. The zero-order valence-electron chi connectivity index (χ0n) is 18.6. The minimum absolute atomic E-state index is 0.0111. The molecule has 1 aromatic heterocycles. The lowest BCUT2D eigenvalue weighted by atomic mass is 9.95. The van der Waals surface area contributed by atoms with Crippen molar-refractivity contribution < 1.29 is 14.3 Å². The molecule has 0 bridgehead atoms. The highest BCUT2D eigenvalue weighted by Gasteiger charge is 2.28. The fourth-order valence-corrected chi connectivity index (χ4v) is 5.37. The predicted octanol–water partition coefficient (Wildman–Crippen LogP) is 6.28. The standard InChI is InChI=1S/C27H26N2O3S/c1-2-3-15-32-27(31)24-22-13-6-7-14-23(22)33-26(24)29-25(30)20(17-28)16-19-11-8-10-18-9-4-5-12-21(18)19/h4-5,8-12,16H,2-3,6-7,13-15H2,1H3,(H,29,30). The highest BCUT2D eigenvalue weighted by Crippen LogP contribution is 2.39. The first-order chi connectivity index (χ1) is 16.1. The van der Waals surface area contributed by atoms with Crippen LogP contribution in [0.2, 0.25) is 0 Å². The molecule has 0 atom stereocenters.